The monoisotopic (exact) mass is 186 g/mol. The van der Waals surface area contributed by atoms with Crippen molar-refractivity contribution in [1.82, 2.24) is 0 Å². The van der Waals surface area contributed by atoms with Crippen LogP contribution < -0.4 is 5.73 Å². The quantitative estimate of drug-likeness (QED) is 0.583. The van der Waals surface area contributed by atoms with Gasteiger partial charge in [-0.05, 0) is 13.0 Å². The first kappa shape index (κ1) is 10.4. The first-order chi connectivity index (χ1) is 6.70. The Bertz CT molecular complexity index is 183. The summed E-state index contributed by atoms with van der Waals surface area (Å²) >= 11 is 0. The molecule has 0 aliphatic carbocycles. The van der Waals surface area contributed by atoms with Crippen LogP contribution in [0.5, 0.6) is 0 Å². The highest BCUT2D eigenvalue weighted by Gasteiger charge is 2.05. The Balaban J connectivity index is 3.39. The molecule has 0 bridgehead atoms. The van der Waals surface area contributed by atoms with Crippen molar-refractivity contribution in [2.75, 3.05) is 6.54 Å². The lowest BCUT2D eigenvalue weighted by atomic mass is 10.1. The Hall–Kier alpha value is -0.700. The second-order valence-electron chi connectivity index (χ2n) is 3.07. The summed E-state index contributed by atoms with van der Waals surface area (Å²) in [5, 5.41) is 0. The van der Waals surface area contributed by atoms with Gasteiger partial charge in [0.05, 0.1) is 0 Å². The predicted molar refractivity (Wildman–Crippen MR) is 52.4 cm³/mol. The van der Waals surface area contributed by atoms with Crippen molar-refractivity contribution < 1.29 is 11.0 Å². The number of hydrogen-bond donors (Lipinski definition) is 1. The molecule has 3 heteroatoms. The van der Waals surface area contributed by atoms with Crippen molar-refractivity contribution in [2.45, 2.75) is 45.4 Å². The number of carbonyl (C=O) groups is 2. The zero-order chi connectivity index (χ0) is 10.8. The third-order valence-electron chi connectivity index (χ3n) is 1.81. The molecule has 0 radical (unpaired) electrons. The Morgan fingerprint density at radius 2 is 1.77 bits per heavy atom. The average molecular weight is 186 g/mol. The fourth-order valence-corrected chi connectivity index (χ4v) is 1.01. The third-order valence-corrected chi connectivity index (χ3v) is 1.81. The van der Waals surface area contributed by atoms with Gasteiger partial charge in [0.1, 0.15) is 11.6 Å². The summed E-state index contributed by atoms with van der Waals surface area (Å²) in [7, 11) is 0. The van der Waals surface area contributed by atoms with E-state index in [-0.39, 0.29) is 11.6 Å². The van der Waals surface area contributed by atoms with Crippen LogP contribution in [0.4, 0.5) is 0 Å². The molecule has 2 N–H and O–H groups in total. The maximum absolute atomic E-state index is 11.2. The zero-order valence-electron chi connectivity index (χ0n) is 9.05. The van der Waals surface area contributed by atoms with Crippen molar-refractivity contribution in [1.29, 1.82) is 0 Å². The number of ketones is 2. The van der Waals surface area contributed by atoms with Crippen molar-refractivity contribution in [2.24, 2.45) is 5.73 Å². The highest BCUT2D eigenvalue weighted by Crippen LogP contribution is 2.02. The lowest BCUT2D eigenvalue weighted by Crippen LogP contribution is -2.09. The van der Waals surface area contributed by atoms with Crippen LogP contribution in [0.25, 0.3) is 0 Å². The van der Waals surface area contributed by atoms with E-state index in [1.54, 1.807) is 0 Å². The van der Waals surface area contributed by atoms with Crippen LogP contribution in [-0.4, -0.2) is 18.1 Å². The zero-order valence-corrected chi connectivity index (χ0v) is 8.05. The van der Waals surface area contributed by atoms with Gasteiger partial charge in [0, 0.05) is 27.1 Å². The molecule has 0 saturated carbocycles. The van der Waals surface area contributed by atoms with Crippen LogP contribution in [0.15, 0.2) is 0 Å². The largest absolute Gasteiger partial charge is 0.330 e. The first-order valence-electron chi connectivity index (χ1n) is 5.44. The third kappa shape index (κ3) is 7.65. The molecule has 0 rings (SSSR count). The van der Waals surface area contributed by atoms with Crippen LogP contribution in [0.3, 0.4) is 0 Å². The summed E-state index contributed by atoms with van der Waals surface area (Å²) in [6.45, 7) is 0.741. The minimum absolute atomic E-state index is 0.0707. The Morgan fingerprint density at radius 3 is 2.31 bits per heavy atom. The number of hydrogen-bond acceptors (Lipinski definition) is 3. The van der Waals surface area contributed by atoms with Gasteiger partial charge in [0.15, 0.2) is 0 Å². The summed E-state index contributed by atoms with van der Waals surface area (Å²) in [5.41, 5.74) is 5.21. The van der Waals surface area contributed by atoms with E-state index in [9.17, 15) is 9.59 Å². The molecule has 0 unspecified atom stereocenters. The van der Waals surface area contributed by atoms with E-state index >= 15 is 0 Å². The van der Waals surface area contributed by atoms with Crippen molar-refractivity contribution >= 4 is 11.6 Å². The molecule has 0 aromatic carbocycles. The minimum Gasteiger partial charge on any atom is -0.330 e. The van der Waals surface area contributed by atoms with Crippen LogP contribution in [0.1, 0.15) is 46.8 Å². The van der Waals surface area contributed by atoms with Gasteiger partial charge in [-0.1, -0.05) is 13.3 Å². The summed E-state index contributed by atoms with van der Waals surface area (Å²) in [4.78, 5) is 22.2. The maximum Gasteiger partial charge on any atom is 0.134 e. The molecule has 3 nitrogen and oxygen atoms in total. The predicted octanol–water partition coefficient (Wildman–Crippen LogP) is 1.44. The molecule has 0 spiro atoms. The van der Waals surface area contributed by atoms with Crippen LogP contribution in [-0.2, 0) is 9.59 Å². The van der Waals surface area contributed by atoms with Crippen LogP contribution in [0, 0.1) is 0 Å². The van der Waals surface area contributed by atoms with Gasteiger partial charge in [-0.15, -0.1) is 0 Å². The molecular weight excluding hydrogens is 166 g/mol. The number of Topliss-reactive ketones (excluding diaryl/α,β-unsaturated/α-hetero) is 2. The lowest BCUT2D eigenvalue weighted by Gasteiger charge is -1.98. The van der Waals surface area contributed by atoms with Gasteiger partial charge in [-0.2, -0.15) is 0 Å². The molecular formula is C10H19NO2. The highest BCUT2D eigenvalue weighted by molar-refractivity contribution is 5.85. The van der Waals surface area contributed by atoms with E-state index in [2.05, 4.69) is 0 Å². The molecule has 0 saturated heterocycles. The Labute approximate surface area is 81.1 Å². The lowest BCUT2D eigenvalue weighted by molar-refractivity contribution is -0.124. The van der Waals surface area contributed by atoms with Gasteiger partial charge >= 0.3 is 0 Å². The molecule has 0 heterocycles. The molecule has 76 valence electrons. The van der Waals surface area contributed by atoms with E-state index in [0.717, 1.165) is 12.8 Å². The summed E-state index contributed by atoms with van der Waals surface area (Å²) in [6.07, 6.45) is 3.10. The van der Waals surface area contributed by atoms with Gasteiger partial charge < -0.3 is 5.73 Å². The second-order valence-corrected chi connectivity index (χ2v) is 3.07. The van der Waals surface area contributed by atoms with Crippen molar-refractivity contribution in [3.05, 3.63) is 0 Å². The standard InChI is InChI=1S/C10H19NO2/c1-2-3-4-9(12)5-6-10(13)7-8-11/h2-8,11H2,1H3/i1D. The van der Waals surface area contributed by atoms with Gasteiger partial charge in [0.2, 0.25) is 0 Å². The van der Waals surface area contributed by atoms with Crippen LogP contribution >= 0.6 is 0 Å². The van der Waals surface area contributed by atoms with Crippen molar-refractivity contribution in [3.8, 4) is 0 Å². The molecule has 0 aromatic heterocycles. The maximum atomic E-state index is 11.2. The number of carbonyl (C=O) groups excluding carboxylic acids is 2. The summed E-state index contributed by atoms with van der Waals surface area (Å²) < 4.78 is 6.89. The van der Waals surface area contributed by atoms with Gasteiger partial charge in [-0.25, -0.2) is 0 Å². The van der Waals surface area contributed by atoms with E-state index in [0.29, 0.717) is 39.1 Å². The first-order valence-corrected chi connectivity index (χ1v) is 4.73. The van der Waals surface area contributed by atoms with E-state index in [4.69, 9.17) is 7.10 Å². The topological polar surface area (TPSA) is 60.2 Å². The van der Waals surface area contributed by atoms with E-state index in [1.807, 2.05) is 0 Å². The Morgan fingerprint density at radius 1 is 1.15 bits per heavy atom. The fourth-order valence-electron chi connectivity index (χ4n) is 1.01. The molecule has 0 fully saturated rings. The summed E-state index contributed by atoms with van der Waals surface area (Å²) in [5.74, 6) is 0.199. The highest BCUT2D eigenvalue weighted by atomic mass is 16.1. The van der Waals surface area contributed by atoms with E-state index < -0.39 is 0 Å². The smallest absolute Gasteiger partial charge is 0.134 e. The van der Waals surface area contributed by atoms with Gasteiger partial charge in [-0.3, -0.25) is 9.59 Å². The summed E-state index contributed by atoms with van der Waals surface area (Å²) in [6, 6.07) is 0. The molecule has 0 aromatic rings. The minimum atomic E-state index is 0.0707. The molecule has 0 amide bonds. The second kappa shape index (κ2) is 7.92. The number of unbranched alkanes of at least 4 members (excludes halogenated alkanes) is 1. The SMILES string of the molecule is [2H]CCCCC(=O)CCC(=O)CCN. The number of nitrogens with two attached hydrogens (primary N) is 1. The molecule has 13 heavy (non-hydrogen) atoms. The van der Waals surface area contributed by atoms with Crippen molar-refractivity contribution in [3.63, 3.8) is 0 Å². The molecule has 0 aliphatic rings. The van der Waals surface area contributed by atoms with E-state index in [1.165, 1.54) is 0 Å². The normalized spacial score (nSPS) is 11.0. The molecule has 0 aliphatic heterocycles. The fraction of sp³-hybridized carbons (Fsp3) is 0.800. The average Bonchev–Trinajstić information content (AvgIpc) is 2.16. The number of rotatable bonds is 8. The van der Waals surface area contributed by atoms with Crippen LogP contribution in [0.2, 0.25) is 0 Å². The molecule has 0 atom stereocenters. The van der Waals surface area contributed by atoms with Gasteiger partial charge in [0.25, 0.3) is 0 Å². The Kier molecular flexibility index (Phi) is 6.33.